The molecule has 0 bridgehead atoms. The van der Waals surface area contributed by atoms with E-state index in [0.717, 1.165) is 18.4 Å². The fourth-order valence-electron chi connectivity index (χ4n) is 2.98. The zero-order valence-corrected chi connectivity index (χ0v) is 14.1. The normalized spacial score (nSPS) is 16.7. The minimum Gasteiger partial charge on any atom is -0.421 e. The van der Waals surface area contributed by atoms with Crippen LogP contribution in [0.1, 0.15) is 57.3 Å². The number of aromatic nitrogens is 2. The van der Waals surface area contributed by atoms with Gasteiger partial charge >= 0.3 is 0 Å². The molecule has 1 aliphatic rings. The van der Waals surface area contributed by atoms with Crippen LogP contribution in [-0.2, 0) is 11.2 Å². The summed E-state index contributed by atoms with van der Waals surface area (Å²) in [5, 5.41) is 15.2. The van der Waals surface area contributed by atoms with Gasteiger partial charge in [-0.3, -0.25) is 4.79 Å². The Morgan fingerprint density at radius 2 is 2.00 bits per heavy atom. The molecule has 0 aromatic carbocycles. The third-order valence-corrected chi connectivity index (χ3v) is 4.95. The SMILES string of the molecule is O=C(CCc1nnc(-c2ccsc2)o1)NC1CCCCCCC1. The van der Waals surface area contributed by atoms with Gasteiger partial charge in [-0.15, -0.1) is 10.2 Å². The molecule has 1 aliphatic carbocycles. The molecule has 1 amide bonds. The number of carbonyl (C=O) groups is 1. The largest absolute Gasteiger partial charge is 0.421 e. The summed E-state index contributed by atoms with van der Waals surface area (Å²) in [4.78, 5) is 12.1. The first-order valence-corrected chi connectivity index (χ1v) is 9.40. The van der Waals surface area contributed by atoms with E-state index >= 15 is 0 Å². The molecule has 2 aromatic rings. The number of rotatable bonds is 5. The van der Waals surface area contributed by atoms with E-state index < -0.39 is 0 Å². The molecular formula is C17H23N3O2S. The minimum absolute atomic E-state index is 0.0888. The molecule has 1 fully saturated rings. The quantitative estimate of drug-likeness (QED) is 0.899. The van der Waals surface area contributed by atoms with Crippen LogP contribution in [-0.4, -0.2) is 22.1 Å². The van der Waals surface area contributed by atoms with Gasteiger partial charge in [0.15, 0.2) is 0 Å². The molecule has 0 radical (unpaired) electrons. The Morgan fingerprint density at radius 1 is 1.22 bits per heavy atom. The Morgan fingerprint density at radius 3 is 2.74 bits per heavy atom. The third-order valence-electron chi connectivity index (χ3n) is 4.27. The molecule has 3 rings (SSSR count). The monoisotopic (exact) mass is 333 g/mol. The van der Waals surface area contributed by atoms with Gasteiger partial charge in [-0.1, -0.05) is 32.1 Å². The van der Waals surface area contributed by atoms with Crippen LogP contribution >= 0.6 is 11.3 Å². The lowest BCUT2D eigenvalue weighted by Crippen LogP contribution is -2.35. The molecule has 0 atom stereocenters. The van der Waals surface area contributed by atoms with Crippen molar-refractivity contribution in [3.8, 4) is 11.5 Å². The van der Waals surface area contributed by atoms with Crippen molar-refractivity contribution < 1.29 is 9.21 Å². The zero-order chi connectivity index (χ0) is 15.9. The maximum absolute atomic E-state index is 12.1. The van der Waals surface area contributed by atoms with Crippen molar-refractivity contribution in [3.05, 3.63) is 22.7 Å². The maximum Gasteiger partial charge on any atom is 0.248 e. The number of hydrogen-bond donors (Lipinski definition) is 1. The van der Waals surface area contributed by atoms with Gasteiger partial charge < -0.3 is 9.73 Å². The molecule has 0 aliphatic heterocycles. The average Bonchev–Trinajstić information content (AvgIpc) is 3.18. The van der Waals surface area contributed by atoms with E-state index in [2.05, 4.69) is 15.5 Å². The molecule has 0 unspecified atom stereocenters. The number of nitrogens with one attached hydrogen (secondary N) is 1. The second-order valence-corrected chi connectivity index (χ2v) is 6.90. The highest BCUT2D eigenvalue weighted by Gasteiger charge is 2.15. The van der Waals surface area contributed by atoms with Crippen molar-refractivity contribution in [2.45, 2.75) is 63.8 Å². The van der Waals surface area contributed by atoms with E-state index in [1.807, 2.05) is 16.8 Å². The number of aryl methyl sites for hydroxylation is 1. The molecule has 1 saturated carbocycles. The van der Waals surface area contributed by atoms with Crippen LogP contribution in [0.5, 0.6) is 0 Å². The van der Waals surface area contributed by atoms with Crippen LogP contribution in [0.2, 0.25) is 0 Å². The molecule has 124 valence electrons. The van der Waals surface area contributed by atoms with Gasteiger partial charge in [-0.25, -0.2) is 0 Å². The van der Waals surface area contributed by atoms with E-state index in [4.69, 9.17) is 4.42 Å². The third kappa shape index (κ3) is 4.89. The predicted octanol–water partition coefficient (Wildman–Crippen LogP) is 3.96. The topological polar surface area (TPSA) is 68.0 Å². The van der Waals surface area contributed by atoms with Gasteiger partial charge in [0.2, 0.25) is 17.7 Å². The molecule has 0 spiro atoms. The molecule has 23 heavy (non-hydrogen) atoms. The van der Waals surface area contributed by atoms with Crippen LogP contribution in [0, 0.1) is 0 Å². The number of thiophene rings is 1. The van der Waals surface area contributed by atoms with Crippen LogP contribution in [0.4, 0.5) is 0 Å². The first-order valence-electron chi connectivity index (χ1n) is 8.45. The van der Waals surface area contributed by atoms with Gasteiger partial charge in [-0.2, -0.15) is 11.3 Å². The van der Waals surface area contributed by atoms with E-state index in [1.165, 1.54) is 32.1 Å². The van der Waals surface area contributed by atoms with E-state index in [0.29, 0.717) is 30.7 Å². The van der Waals surface area contributed by atoms with Crippen LogP contribution in [0.15, 0.2) is 21.2 Å². The molecular weight excluding hydrogens is 310 g/mol. The molecule has 0 saturated heterocycles. The van der Waals surface area contributed by atoms with Gasteiger partial charge in [0.25, 0.3) is 0 Å². The Kier molecular flexibility index (Phi) is 5.80. The standard InChI is InChI=1S/C17H23N3O2S/c21-15(18-14-6-4-2-1-3-5-7-14)8-9-16-19-20-17(22-16)13-10-11-23-12-13/h10-12,14H,1-9H2,(H,18,21). The van der Waals surface area contributed by atoms with Crippen molar-refractivity contribution in [3.63, 3.8) is 0 Å². The summed E-state index contributed by atoms with van der Waals surface area (Å²) in [5.41, 5.74) is 0.938. The van der Waals surface area contributed by atoms with Crippen molar-refractivity contribution in [2.24, 2.45) is 0 Å². The highest BCUT2D eigenvalue weighted by atomic mass is 32.1. The number of hydrogen-bond acceptors (Lipinski definition) is 5. The Hall–Kier alpha value is -1.69. The fourth-order valence-corrected chi connectivity index (χ4v) is 3.61. The zero-order valence-electron chi connectivity index (χ0n) is 13.3. The minimum atomic E-state index is 0.0888. The number of amides is 1. The smallest absolute Gasteiger partial charge is 0.248 e. The van der Waals surface area contributed by atoms with E-state index in [-0.39, 0.29) is 5.91 Å². The second-order valence-electron chi connectivity index (χ2n) is 6.12. The first-order chi connectivity index (χ1) is 11.3. The molecule has 1 N–H and O–H groups in total. The summed E-state index contributed by atoms with van der Waals surface area (Å²) in [5.74, 6) is 1.14. The molecule has 6 heteroatoms. The number of carbonyl (C=O) groups excluding carboxylic acids is 1. The lowest BCUT2D eigenvalue weighted by molar-refractivity contribution is -0.122. The number of nitrogens with zero attached hydrogens (tertiary/aromatic N) is 2. The van der Waals surface area contributed by atoms with Gasteiger partial charge in [0.1, 0.15) is 0 Å². The molecule has 5 nitrogen and oxygen atoms in total. The van der Waals surface area contributed by atoms with Crippen molar-refractivity contribution in [2.75, 3.05) is 0 Å². The van der Waals surface area contributed by atoms with Gasteiger partial charge in [0.05, 0.1) is 0 Å². The lowest BCUT2D eigenvalue weighted by atomic mass is 9.96. The van der Waals surface area contributed by atoms with Gasteiger partial charge in [-0.05, 0) is 24.3 Å². The fraction of sp³-hybridized carbons (Fsp3) is 0.588. The molecule has 2 heterocycles. The average molecular weight is 333 g/mol. The highest BCUT2D eigenvalue weighted by Crippen LogP contribution is 2.21. The van der Waals surface area contributed by atoms with Crippen LogP contribution < -0.4 is 5.32 Å². The highest BCUT2D eigenvalue weighted by molar-refractivity contribution is 7.08. The summed E-state index contributed by atoms with van der Waals surface area (Å²) < 4.78 is 5.61. The van der Waals surface area contributed by atoms with Crippen LogP contribution in [0.25, 0.3) is 11.5 Å². The maximum atomic E-state index is 12.1. The molecule has 2 aromatic heterocycles. The lowest BCUT2D eigenvalue weighted by Gasteiger charge is -2.20. The van der Waals surface area contributed by atoms with Crippen molar-refractivity contribution in [1.29, 1.82) is 0 Å². The van der Waals surface area contributed by atoms with Crippen molar-refractivity contribution in [1.82, 2.24) is 15.5 Å². The summed E-state index contributed by atoms with van der Waals surface area (Å²) in [6.45, 7) is 0. The van der Waals surface area contributed by atoms with Crippen molar-refractivity contribution >= 4 is 17.2 Å². The Labute approximate surface area is 140 Å². The van der Waals surface area contributed by atoms with E-state index in [1.54, 1.807) is 11.3 Å². The predicted molar refractivity (Wildman–Crippen MR) is 90.2 cm³/mol. The summed E-state index contributed by atoms with van der Waals surface area (Å²) in [6, 6.07) is 2.29. The summed E-state index contributed by atoms with van der Waals surface area (Å²) in [7, 11) is 0. The Balaban J connectivity index is 1.45. The van der Waals surface area contributed by atoms with Crippen LogP contribution in [0.3, 0.4) is 0 Å². The van der Waals surface area contributed by atoms with Gasteiger partial charge in [0, 0.05) is 29.8 Å². The summed E-state index contributed by atoms with van der Waals surface area (Å²) in [6.07, 6.45) is 9.47. The second kappa shape index (κ2) is 8.24. The summed E-state index contributed by atoms with van der Waals surface area (Å²) >= 11 is 1.59. The Bertz CT molecular complexity index is 601. The van der Waals surface area contributed by atoms with E-state index in [9.17, 15) is 4.79 Å². The first kappa shape index (κ1) is 16.2.